The van der Waals surface area contributed by atoms with Gasteiger partial charge in [-0.1, -0.05) is 0 Å². The molecule has 0 unspecified atom stereocenters. The van der Waals surface area contributed by atoms with Crippen molar-refractivity contribution in [2.75, 3.05) is 36.4 Å². The second kappa shape index (κ2) is 9.88. The van der Waals surface area contributed by atoms with E-state index in [9.17, 15) is 9.59 Å². The summed E-state index contributed by atoms with van der Waals surface area (Å²) in [7, 11) is 1.84. The number of carbonyl (C=O) groups is 1. The van der Waals surface area contributed by atoms with E-state index in [2.05, 4.69) is 61.3 Å². The fourth-order valence-electron chi connectivity index (χ4n) is 4.64. The largest absolute Gasteiger partial charge is 0.444 e. The molecule has 0 aliphatic carbocycles. The number of aryl methyl sites for hydroxylation is 4. The Bertz CT molecular complexity index is 1350. The molecule has 4 rings (SSSR count). The summed E-state index contributed by atoms with van der Waals surface area (Å²) in [4.78, 5) is 29.4. The number of carbonyl (C=O) groups excluding carboxylic acids is 1. The number of hydrogen-bond donors (Lipinski definition) is 1. The zero-order chi connectivity index (χ0) is 26.2. The Balaban J connectivity index is 1.42. The summed E-state index contributed by atoms with van der Waals surface area (Å²) in [5.41, 5.74) is 6.91. The van der Waals surface area contributed by atoms with Crippen molar-refractivity contribution in [1.82, 2.24) is 9.47 Å². The second-order valence-electron chi connectivity index (χ2n) is 10.8. The first-order chi connectivity index (χ1) is 16.9. The molecular weight excluding hydrogens is 452 g/mol. The number of benzene rings is 2. The zero-order valence-electron chi connectivity index (χ0n) is 22.6. The summed E-state index contributed by atoms with van der Waals surface area (Å²) < 4.78 is 7.24. The fraction of sp³-hybridized carbons (Fsp3) is 0.448. The van der Waals surface area contributed by atoms with Gasteiger partial charge >= 0.3 is 6.09 Å². The van der Waals surface area contributed by atoms with Crippen LogP contribution in [0.25, 0.3) is 10.9 Å². The highest BCUT2D eigenvalue weighted by Gasteiger charge is 2.26. The highest BCUT2D eigenvalue weighted by molar-refractivity contribution is 5.81. The predicted molar refractivity (Wildman–Crippen MR) is 147 cm³/mol. The molecule has 3 aromatic rings. The lowest BCUT2D eigenvalue weighted by Gasteiger charge is -2.37. The number of fused-ring (bicyclic) bond motifs is 1. The van der Waals surface area contributed by atoms with Crippen molar-refractivity contribution in [2.24, 2.45) is 7.05 Å². The van der Waals surface area contributed by atoms with Gasteiger partial charge in [0.15, 0.2) is 0 Å². The van der Waals surface area contributed by atoms with Gasteiger partial charge in [-0.05, 0) is 100 Å². The monoisotopic (exact) mass is 490 g/mol. The Kier molecular flexibility index (Phi) is 7.03. The minimum absolute atomic E-state index is 0.0235. The number of pyridine rings is 1. The maximum atomic E-state index is 13.0. The van der Waals surface area contributed by atoms with Crippen molar-refractivity contribution < 1.29 is 9.53 Å². The smallest absolute Gasteiger partial charge is 0.410 e. The van der Waals surface area contributed by atoms with Crippen LogP contribution in [0.4, 0.5) is 16.2 Å². The fourth-order valence-corrected chi connectivity index (χ4v) is 4.64. The molecule has 1 saturated heterocycles. The number of piperazine rings is 1. The molecule has 7 nitrogen and oxygen atoms in total. The van der Waals surface area contributed by atoms with E-state index >= 15 is 0 Å². The van der Waals surface area contributed by atoms with Gasteiger partial charge in [0.1, 0.15) is 5.60 Å². The second-order valence-corrected chi connectivity index (χ2v) is 10.8. The van der Waals surface area contributed by atoms with E-state index in [0.717, 1.165) is 46.5 Å². The Labute approximate surface area is 213 Å². The molecular formula is C29H38N4O3. The average molecular weight is 491 g/mol. The molecule has 1 aliphatic heterocycles. The van der Waals surface area contributed by atoms with E-state index in [-0.39, 0.29) is 11.7 Å². The predicted octanol–water partition coefficient (Wildman–Crippen LogP) is 5.13. The molecule has 2 aromatic carbocycles. The van der Waals surface area contributed by atoms with Gasteiger partial charge < -0.3 is 24.4 Å². The molecule has 0 bridgehead atoms. The quantitative estimate of drug-likeness (QED) is 0.549. The minimum Gasteiger partial charge on any atom is -0.444 e. The van der Waals surface area contributed by atoms with Crippen LogP contribution in [0.5, 0.6) is 0 Å². The van der Waals surface area contributed by atoms with E-state index in [1.54, 1.807) is 9.47 Å². The number of rotatable bonds is 4. The Hall–Kier alpha value is -3.48. The van der Waals surface area contributed by atoms with Crippen LogP contribution in [0.15, 0.2) is 41.2 Å². The lowest BCUT2D eigenvalue weighted by atomic mass is 10.0. The van der Waals surface area contributed by atoms with Gasteiger partial charge in [0.25, 0.3) is 5.56 Å². The third-order valence-corrected chi connectivity index (χ3v) is 6.89. The van der Waals surface area contributed by atoms with Crippen molar-refractivity contribution in [1.29, 1.82) is 0 Å². The number of hydrogen-bond acceptors (Lipinski definition) is 5. The number of amides is 1. The molecule has 1 aliphatic rings. The van der Waals surface area contributed by atoms with E-state index < -0.39 is 5.60 Å². The molecule has 7 heteroatoms. The Morgan fingerprint density at radius 3 is 2.25 bits per heavy atom. The van der Waals surface area contributed by atoms with E-state index in [0.29, 0.717) is 19.6 Å². The normalized spacial score (nSPS) is 14.3. The van der Waals surface area contributed by atoms with Crippen molar-refractivity contribution in [3.8, 4) is 0 Å². The van der Waals surface area contributed by atoms with Crippen LogP contribution >= 0.6 is 0 Å². The maximum absolute atomic E-state index is 13.0. The lowest BCUT2D eigenvalue weighted by molar-refractivity contribution is 0.0240. The topological polar surface area (TPSA) is 66.8 Å². The first kappa shape index (κ1) is 25.6. The Morgan fingerprint density at radius 2 is 1.61 bits per heavy atom. The van der Waals surface area contributed by atoms with Gasteiger partial charge in [-0.3, -0.25) is 4.79 Å². The molecule has 0 saturated carbocycles. The van der Waals surface area contributed by atoms with Crippen LogP contribution in [0.3, 0.4) is 0 Å². The van der Waals surface area contributed by atoms with Crippen molar-refractivity contribution in [2.45, 2.75) is 53.7 Å². The zero-order valence-corrected chi connectivity index (χ0v) is 22.6. The average Bonchev–Trinajstić information content (AvgIpc) is 2.81. The number of aromatic nitrogens is 1. The summed E-state index contributed by atoms with van der Waals surface area (Å²) in [5.74, 6) is 0. The molecule has 1 N–H and O–H groups in total. The molecule has 0 atom stereocenters. The molecule has 36 heavy (non-hydrogen) atoms. The van der Waals surface area contributed by atoms with Gasteiger partial charge in [-0.25, -0.2) is 4.79 Å². The highest BCUT2D eigenvalue weighted by Crippen LogP contribution is 2.25. The molecule has 1 fully saturated rings. The standard InChI is InChI=1S/C29H38N4O3/c1-19-14-22-17-23(27(34)31(7)26(22)16-20(19)2)18-30-25-9-8-24(15-21(25)3)32-10-12-33(13-11-32)28(35)36-29(4,5)6/h8-9,14-17,30H,10-13,18H2,1-7H3. The summed E-state index contributed by atoms with van der Waals surface area (Å²) in [6, 6.07) is 12.6. The number of ether oxygens (including phenoxy) is 1. The van der Waals surface area contributed by atoms with Crippen molar-refractivity contribution in [3.05, 3.63) is 69.0 Å². The lowest BCUT2D eigenvalue weighted by Crippen LogP contribution is -2.50. The summed E-state index contributed by atoms with van der Waals surface area (Å²) in [5, 5.41) is 4.54. The number of nitrogens with zero attached hydrogens (tertiary/aromatic N) is 3. The molecule has 2 heterocycles. The first-order valence-electron chi connectivity index (χ1n) is 12.6. The maximum Gasteiger partial charge on any atom is 0.410 e. The van der Waals surface area contributed by atoms with Crippen molar-refractivity contribution >= 4 is 28.4 Å². The summed E-state index contributed by atoms with van der Waals surface area (Å²) in [6.07, 6.45) is -0.247. The van der Waals surface area contributed by atoms with Gasteiger partial charge in [-0.15, -0.1) is 0 Å². The molecule has 1 aromatic heterocycles. The minimum atomic E-state index is -0.483. The molecule has 1 amide bonds. The van der Waals surface area contributed by atoms with Gasteiger partial charge in [0, 0.05) is 56.7 Å². The third-order valence-electron chi connectivity index (χ3n) is 6.89. The van der Waals surface area contributed by atoms with Crippen LogP contribution in [0, 0.1) is 20.8 Å². The molecule has 0 radical (unpaired) electrons. The summed E-state index contributed by atoms with van der Waals surface area (Å²) in [6.45, 7) is 15.2. The highest BCUT2D eigenvalue weighted by atomic mass is 16.6. The number of anilines is 2. The van der Waals surface area contributed by atoms with Gasteiger partial charge in [0.05, 0.1) is 5.52 Å². The first-order valence-corrected chi connectivity index (χ1v) is 12.6. The van der Waals surface area contributed by atoms with Crippen LogP contribution in [-0.2, 0) is 18.3 Å². The van der Waals surface area contributed by atoms with E-state index in [1.165, 1.54) is 11.1 Å². The molecule has 192 valence electrons. The Morgan fingerprint density at radius 1 is 0.944 bits per heavy atom. The molecule has 0 spiro atoms. The van der Waals surface area contributed by atoms with Crippen molar-refractivity contribution in [3.63, 3.8) is 0 Å². The number of nitrogens with one attached hydrogen (secondary N) is 1. The van der Waals surface area contributed by atoms with E-state index in [4.69, 9.17) is 4.74 Å². The van der Waals surface area contributed by atoms with E-state index in [1.807, 2.05) is 33.9 Å². The van der Waals surface area contributed by atoms with Crippen LogP contribution < -0.4 is 15.8 Å². The van der Waals surface area contributed by atoms with Gasteiger partial charge in [-0.2, -0.15) is 0 Å². The SMILES string of the molecule is Cc1cc2cc(CNc3ccc(N4CCN(C(=O)OC(C)(C)C)CC4)cc3C)c(=O)n(C)c2cc1C. The van der Waals surface area contributed by atoms with Crippen LogP contribution in [-0.4, -0.2) is 47.3 Å². The summed E-state index contributed by atoms with van der Waals surface area (Å²) >= 11 is 0. The van der Waals surface area contributed by atoms with Gasteiger partial charge in [0.2, 0.25) is 0 Å². The third kappa shape index (κ3) is 5.50. The van der Waals surface area contributed by atoms with Crippen LogP contribution in [0.2, 0.25) is 0 Å². The van der Waals surface area contributed by atoms with Crippen LogP contribution in [0.1, 0.15) is 43.0 Å².